The predicted molar refractivity (Wildman–Crippen MR) is 66.8 cm³/mol. The van der Waals surface area contributed by atoms with Crippen molar-refractivity contribution in [2.24, 2.45) is 5.41 Å². The molecule has 0 heterocycles. The lowest BCUT2D eigenvalue weighted by atomic mass is 9.81. The minimum Gasteiger partial charge on any atom is -0.508 e. The molecule has 0 amide bonds. The van der Waals surface area contributed by atoms with Gasteiger partial charge >= 0.3 is 5.97 Å². The van der Waals surface area contributed by atoms with Crippen molar-refractivity contribution in [1.29, 1.82) is 0 Å². The number of esters is 1. The van der Waals surface area contributed by atoms with Crippen LogP contribution in [0.3, 0.4) is 0 Å². The van der Waals surface area contributed by atoms with Gasteiger partial charge in [0.15, 0.2) is 0 Å². The molecule has 1 aromatic rings. The molecule has 3 nitrogen and oxygen atoms in total. The van der Waals surface area contributed by atoms with Crippen molar-refractivity contribution in [2.75, 3.05) is 6.61 Å². The molecule has 0 aromatic heterocycles. The number of carbonyl (C=O) groups is 1. The highest BCUT2D eigenvalue weighted by Crippen LogP contribution is 2.28. The van der Waals surface area contributed by atoms with Crippen LogP contribution in [0.4, 0.5) is 0 Å². The summed E-state index contributed by atoms with van der Waals surface area (Å²) in [5.41, 5.74) is 0.535. The van der Waals surface area contributed by atoms with E-state index in [9.17, 15) is 9.90 Å². The van der Waals surface area contributed by atoms with Crippen molar-refractivity contribution < 1.29 is 14.6 Å². The van der Waals surface area contributed by atoms with Crippen molar-refractivity contribution in [2.45, 2.75) is 33.6 Å². The van der Waals surface area contributed by atoms with Crippen LogP contribution >= 0.6 is 0 Å². The lowest BCUT2D eigenvalue weighted by Crippen LogP contribution is -2.31. The quantitative estimate of drug-likeness (QED) is 0.799. The highest BCUT2D eigenvalue weighted by atomic mass is 16.5. The maximum atomic E-state index is 11.9. The van der Waals surface area contributed by atoms with E-state index in [1.54, 1.807) is 12.1 Å². The zero-order chi connectivity index (χ0) is 12.9. The number of phenols is 1. The third-order valence-electron chi connectivity index (χ3n) is 3.08. The third kappa shape index (κ3) is 3.48. The third-order valence-corrected chi connectivity index (χ3v) is 3.08. The van der Waals surface area contributed by atoms with Crippen LogP contribution < -0.4 is 0 Å². The lowest BCUT2D eigenvalue weighted by molar-refractivity contribution is -0.154. The van der Waals surface area contributed by atoms with E-state index in [0.717, 1.165) is 12.0 Å². The van der Waals surface area contributed by atoms with Gasteiger partial charge in [-0.15, -0.1) is 0 Å². The zero-order valence-corrected chi connectivity index (χ0v) is 10.7. The minimum absolute atomic E-state index is 0.157. The van der Waals surface area contributed by atoms with Crippen LogP contribution in [0.25, 0.3) is 0 Å². The Kier molecular flexibility index (Phi) is 4.55. The van der Waals surface area contributed by atoms with E-state index in [-0.39, 0.29) is 11.7 Å². The van der Waals surface area contributed by atoms with E-state index in [0.29, 0.717) is 13.0 Å². The first-order chi connectivity index (χ1) is 8.01. The van der Waals surface area contributed by atoms with Gasteiger partial charge in [0.2, 0.25) is 0 Å². The fourth-order valence-electron chi connectivity index (χ4n) is 1.71. The molecule has 0 saturated heterocycles. The second-order valence-corrected chi connectivity index (χ2v) is 4.48. The minimum atomic E-state index is -0.493. The molecule has 3 heteroatoms. The molecular formula is C14H20O3. The first-order valence-corrected chi connectivity index (χ1v) is 5.97. The van der Waals surface area contributed by atoms with Crippen LogP contribution in [-0.4, -0.2) is 17.7 Å². The average Bonchev–Trinajstić information content (AvgIpc) is 2.32. The van der Waals surface area contributed by atoms with Crippen molar-refractivity contribution in [1.82, 2.24) is 0 Å². The standard InChI is InChI=1S/C14H20O3/c1-4-14(3,13(16)17-5-2)10-11-6-8-12(15)9-7-11/h6-9,15H,4-5,10H2,1-3H3. The van der Waals surface area contributed by atoms with E-state index in [1.165, 1.54) is 0 Å². The summed E-state index contributed by atoms with van der Waals surface area (Å²) in [4.78, 5) is 11.9. The number of ether oxygens (including phenoxy) is 1. The first kappa shape index (κ1) is 13.6. The van der Waals surface area contributed by atoms with Crippen LogP contribution in [0, 0.1) is 5.41 Å². The highest BCUT2D eigenvalue weighted by molar-refractivity contribution is 5.76. The summed E-state index contributed by atoms with van der Waals surface area (Å²) in [7, 11) is 0. The molecule has 1 aromatic carbocycles. The maximum absolute atomic E-state index is 11.9. The number of rotatable bonds is 5. The van der Waals surface area contributed by atoms with Gasteiger partial charge in [0.1, 0.15) is 5.75 Å². The van der Waals surface area contributed by atoms with Gasteiger partial charge in [-0.05, 0) is 44.4 Å². The summed E-state index contributed by atoms with van der Waals surface area (Å²) < 4.78 is 5.11. The van der Waals surface area contributed by atoms with Crippen LogP contribution in [0.2, 0.25) is 0 Å². The van der Waals surface area contributed by atoms with E-state index in [1.807, 2.05) is 32.9 Å². The van der Waals surface area contributed by atoms with Gasteiger partial charge < -0.3 is 9.84 Å². The van der Waals surface area contributed by atoms with Crippen LogP contribution in [0.15, 0.2) is 24.3 Å². The first-order valence-electron chi connectivity index (χ1n) is 5.97. The normalized spacial score (nSPS) is 14.1. The van der Waals surface area contributed by atoms with Gasteiger partial charge in [-0.25, -0.2) is 0 Å². The molecule has 0 fully saturated rings. The van der Waals surface area contributed by atoms with Crippen molar-refractivity contribution in [3.8, 4) is 5.75 Å². The number of benzene rings is 1. The van der Waals surface area contributed by atoms with E-state index in [2.05, 4.69) is 0 Å². The summed E-state index contributed by atoms with van der Waals surface area (Å²) in [6, 6.07) is 6.94. The molecule has 1 N–H and O–H groups in total. The Hall–Kier alpha value is -1.51. The van der Waals surface area contributed by atoms with Gasteiger partial charge in [0.05, 0.1) is 12.0 Å². The maximum Gasteiger partial charge on any atom is 0.312 e. The van der Waals surface area contributed by atoms with Crippen LogP contribution in [-0.2, 0) is 16.0 Å². The second-order valence-electron chi connectivity index (χ2n) is 4.48. The molecule has 94 valence electrons. The molecule has 1 atom stereocenters. The largest absolute Gasteiger partial charge is 0.508 e. The average molecular weight is 236 g/mol. The SMILES string of the molecule is CCOC(=O)C(C)(CC)Cc1ccc(O)cc1. The predicted octanol–water partition coefficient (Wildman–Crippen LogP) is 2.91. The molecule has 1 rings (SSSR count). The van der Waals surface area contributed by atoms with Crippen molar-refractivity contribution >= 4 is 5.97 Å². The summed E-state index contributed by atoms with van der Waals surface area (Å²) in [6.07, 6.45) is 1.36. The second kappa shape index (κ2) is 5.71. The molecule has 0 aliphatic carbocycles. The summed E-state index contributed by atoms with van der Waals surface area (Å²) in [5, 5.41) is 9.21. The molecule has 0 aliphatic rings. The lowest BCUT2D eigenvalue weighted by Gasteiger charge is -2.25. The zero-order valence-electron chi connectivity index (χ0n) is 10.7. The smallest absolute Gasteiger partial charge is 0.312 e. The Balaban J connectivity index is 2.81. The topological polar surface area (TPSA) is 46.5 Å². The Labute approximate surface area is 102 Å². The molecular weight excluding hydrogens is 216 g/mol. The number of hydrogen-bond donors (Lipinski definition) is 1. The van der Waals surface area contributed by atoms with Gasteiger partial charge in [-0.3, -0.25) is 4.79 Å². The van der Waals surface area contributed by atoms with Gasteiger partial charge in [0.25, 0.3) is 0 Å². The number of aromatic hydroxyl groups is 1. The Morgan fingerprint density at radius 2 is 1.88 bits per heavy atom. The van der Waals surface area contributed by atoms with Crippen LogP contribution in [0.1, 0.15) is 32.8 Å². The fraction of sp³-hybridized carbons (Fsp3) is 0.500. The van der Waals surface area contributed by atoms with Gasteiger partial charge in [-0.2, -0.15) is 0 Å². The van der Waals surface area contributed by atoms with Crippen LogP contribution in [0.5, 0.6) is 5.75 Å². The van der Waals surface area contributed by atoms with E-state index < -0.39 is 5.41 Å². The highest BCUT2D eigenvalue weighted by Gasteiger charge is 2.32. The van der Waals surface area contributed by atoms with E-state index in [4.69, 9.17) is 4.74 Å². The van der Waals surface area contributed by atoms with E-state index >= 15 is 0 Å². The van der Waals surface area contributed by atoms with Crippen molar-refractivity contribution in [3.05, 3.63) is 29.8 Å². The Morgan fingerprint density at radius 3 is 2.35 bits per heavy atom. The molecule has 0 saturated carbocycles. The number of hydrogen-bond acceptors (Lipinski definition) is 3. The molecule has 0 bridgehead atoms. The van der Waals surface area contributed by atoms with Gasteiger partial charge in [-0.1, -0.05) is 19.1 Å². The number of phenolic OH excluding ortho intramolecular Hbond substituents is 1. The summed E-state index contributed by atoms with van der Waals surface area (Å²) in [6.45, 7) is 6.12. The molecule has 17 heavy (non-hydrogen) atoms. The van der Waals surface area contributed by atoms with Gasteiger partial charge in [0, 0.05) is 0 Å². The summed E-state index contributed by atoms with van der Waals surface area (Å²) in [5.74, 6) is 0.0821. The summed E-state index contributed by atoms with van der Waals surface area (Å²) >= 11 is 0. The molecule has 0 aliphatic heterocycles. The molecule has 0 spiro atoms. The fourth-order valence-corrected chi connectivity index (χ4v) is 1.71. The van der Waals surface area contributed by atoms with Crippen molar-refractivity contribution in [3.63, 3.8) is 0 Å². The molecule has 0 radical (unpaired) electrons. The Morgan fingerprint density at radius 1 is 1.29 bits per heavy atom. The molecule has 1 unspecified atom stereocenters. The number of carbonyl (C=O) groups excluding carboxylic acids is 1. The monoisotopic (exact) mass is 236 g/mol. The Bertz CT molecular complexity index is 370.